The Labute approximate surface area is 176 Å². The van der Waals surface area contributed by atoms with Crippen molar-refractivity contribution >= 4 is 17.6 Å². The monoisotopic (exact) mass is 408 g/mol. The smallest absolute Gasteiger partial charge is 0.319 e. The number of likely N-dealkylation sites (tertiary alicyclic amines) is 1. The molecule has 2 aliphatic rings. The van der Waals surface area contributed by atoms with E-state index in [-0.39, 0.29) is 18.0 Å². The zero-order valence-electron chi connectivity index (χ0n) is 17.1. The number of anilines is 1. The van der Waals surface area contributed by atoms with Gasteiger partial charge in [0.25, 0.3) is 0 Å². The molecule has 30 heavy (non-hydrogen) atoms. The minimum Gasteiger partial charge on any atom is -0.474 e. The lowest BCUT2D eigenvalue weighted by molar-refractivity contribution is -0.128. The molecule has 1 aliphatic carbocycles. The maximum atomic E-state index is 12.3. The highest BCUT2D eigenvalue weighted by Gasteiger charge is 2.20. The normalized spacial score (nSPS) is 16.7. The molecule has 0 radical (unpaired) electrons. The summed E-state index contributed by atoms with van der Waals surface area (Å²) in [4.78, 5) is 30.3. The molecule has 0 atom stereocenters. The Bertz CT molecular complexity index is 878. The van der Waals surface area contributed by atoms with Gasteiger partial charge in [-0.3, -0.25) is 4.79 Å². The number of amides is 3. The van der Waals surface area contributed by atoms with Crippen molar-refractivity contribution in [1.29, 1.82) is 0 Å². The molecule has 2 N–H and O–H groups in total. The Balaban J connectivity index is 1.27. The van der Waals surface area contributed by atoms with Gasteiger partial charge in [0.1, 0.15) is 6.10 Å². The quantitative estimate of drug-likeness (QED) is 0.729. The first-order chi connectivity index (χ1) is 14.7. The molecular weight excluding hydrogens is 380 g/mol. The molecule has 1 aromatic heterocycles. The third-order valence-electron chi connectivity index (χ3n) is 5.63. The number of nitrogens with zero attached hydrogens (tertiary/aromatic N) is 2. The molecule has 1 aliphatic heterocycles. The van der Waals surface area contributed by atoms with E-state index < -0.39 is 0 Å². The van der Waals surface area contributed by atoms with Crippen LogP contribution in [0.5, 0.6) is 5.88 Å². The van der Waals surface area contributed by atoms with E-state index in [2.05, 4.69) is 15.6 Å². The summed E-state index contributed by atoms with van der Waals surface area (Å²) in [6, 6.07) is 11.1. The maximum Gasteiger partial charge on any atom is 0.319 e. The third kappa shape index (κ3) is 5.28. The van der Waals surface area contributed by atoms with Crippen LogP contribution >= 0.6 is 0 Å². The molecule has 2 aromatic rings. The van der Waals surface area contributed by atoms with Crippen LogP contribution in [0.3, 0.4) is 0 Å². The molecule has 4 rings (SSSR count). The molecule has 2 heterocycles. The van der Waals surface area contributed by atoms with Crippen molar-refractivity contribution in [2.45, 2.75) is 57.7 Å². The number of hydrogen-bond donors (Lipinski definition) is 2. The van der Waals surface area contributed by atoms with Crippen LogP contribution in [0.15, 0.2) is 42.6 Å². The summed E-state index contributed by atoms with van der Waals surface area (Å²) in [6.45, 7) is 1.79. The standard InChI is InChI=1S/C23H28N4O3/c28-21-8-4-14-27(21)16-17-9-11-19(12-10-17)26-23(29)25-15-18-5-3-13-24-22(18)30-20-6-1-2-7-20/h3,5,9-13,20H,1-2,4,6-8,14-16H2,(H2,25,26,29). The lowest BCUT2D eigenvalue weighted by Crippen LogP contribution is -2.28. The molecule has 0 spiro atoms. The Morgan fingerprint density at radius 2 is 1.93 bits per heavy atom. The van der Waals surface area contributed by atoms with Crippen LogP contribution in [0.1, 0.15) is 49.7 Å². The van der Waals surface area contributed by atoms with E-state index in [0.29, 0.717) is 31.1 Å². The first-order valence-electron chi connectivity index (χ1n) is 10.7. The summed E-state index contributed by atoms with van der Waals surface area (Å²) < 4.78 is 6.02. The van der Waals surface area contributed by atoms with Gasteiger partial charge in [-0.25, -0.2) is 9.78 Å². The van der Waals surface area contributed by atoms with Gasteiger partial charge in [-0.15, -0.1) is 0 Å². The van der Waals surface area contributed by atoms with Crippen LogP contribution in [0.2, 0.25) is 0 Å². The first kappa shape index (κ1) is 20.2. The summed E-state index contributed by atoms with van der Waals surface area (Å²) in [5.74, 6) is 0.814. The highest BCUT2D eigenvalue weighted by atomic mass is 16.5. The molecule has 1 saturated heterocycles. The van der Waals surface area contributed by atoms with Crippen LogP contribution in [0, 0.1) is 0 Å². The van der Waals surface area contributed by atoms with E-state index in [1.165, 1.54) is 12.8 Å². The van der Waals surface area contributed by atoms with Gasteiger partial charge < -0.3 is 20.3 Å². The van der Waals surface area contributed by atoms with E-state index in [1.54, 1.807) is 6.20 Å². The number of pyridine rings is 1. The van der Waals surface area contributed by atoms with Gasteiger partial charge in [0.05, 0.1) is 0 Å². The maximum absolute atomic E-state index is 12.3. The number of nitrogens with one attached hydrogen (secondary N) is 2. The molecule has 1 saturated carbocycles. The molecule has 1 aromatic carbocycles. The van der Waals surface area contributed by atoms with E-state index in [1.807, 2.05) is 41.3 Å². The second kappa shape index (κ2) is 9.61. The van der Waals surface area contributed by atoms with Crippen LogP contribution in [-0.2, 0) is 17.9 Å². The summed E-state index contributed by atoms with van der Waals surface area (Å²) in [5.41, 5.74) is 2.63. The van der Waals surface area contributed by atoms with Crippen molar-refractivity contribution < 1.29 is 14.3 Å². The number of rotatable bonds is 7. The van der Waals surface area contributed by atoms with Gasteiger partial charge in [-0.1, -0.05) is 18.2 Å². The largest absolute Gasteiger partial charge is 0.474 e. The Morgan fingerprint density at radius 3 is 2.67 bits per heavy atom. The molecular formula is C23H28N4O3. The third-order valence-corrected chi connectivity index (χ3v) is 5.63. The predicted molar refractivity (Wildman–Crippen MR) is 114 cm³/mol. The molecule has 2 fully saturated rings. The Kier molecular flexibility index (Phi) is 6.47. The number of benzene rings is 1. The second-order valence-corrected chi connectivity index (χ2v) is 7.92. The summed E-state index contributed by atoms with van der Waals surface area (Å²) in [6.07, 6.45) is 8.03. The topological polar surface area (TPSA) is 83.6 Å². The second-order valence-electron chi connectivity index (χ2n) is 7.92. The number of hydrogen-bond acceptors (Lipinski definition) is 4. The Morgan fingerprint density at radius 1 is 1.13 bits per heavy atom. The number of carbonyl (C=O) groups is 2. The fraction of sp³-hybridized carbons (Fsp3) is 0.435. The average molecular weight is 409 g/mol. The van der Waals surface area contributed by atoms with Crippen molar-refractivity contribution in [3.8, 4) is 5.88 Å². The summed E-state index contributed by atoms with van der Waals surface area (Å²) >= 11 is 0. The van der Waals surface area contributed by atoms with Gasteiger partial charge in [-0.05, 0) is 55.9 Å². The van der Waals surface area contributed by atoms with Gasteiger partial charge in [0, 0.05) is 43.5 Å². The molecule has 3 amide bonds. The first-order valence-corrected chi connectivity index (χ1v) is 10.7. The van der Waals surface area contributed by atoms with Crippen molar-refractivity contribution in [2.24, 2.45) is 0 Å². The number of ether oxygens (including phenoxy) is 1. The molecule has 7 nitrogen and oxygen atoms in total. The number of urea groups is 1. The van der Waals surface area contributed by atoms with E-state index in [0.717, 1.165) is 36.9 Å². The summed E-state index contributed by atoms with van der Waals surface area (Å²) in [5, 5.41) is 5.71. The van der Waals surface area contributed by atoms with Gasteiger partial charge in [-0.2, -0.15) is 0 Å². The molecule has 158 valence electrons. The lowest BCUT2D eigenvalue weighted by atomic mass is 10.2. The highest BCUT2D eigenvalue weighted by Crippen LogP contribution is 2.25. The minimum absolute atomic E-state index is 0.211. The van der Waals surface area contributed by atoms with Crippen LogP contribution < -0.4 is 15.4 Å². The zero-order valence-corrected chi connectivity index (χ0v) is 17.1. The lowest BCUT2D eigenvalue weighted by Gasteiger charge is -2.16. The predicted octanol–water partition coefficient (Wildman–Crippen LogP) is 3.85. The van der Waals surface area contributed by atoms with Crippen molar-refractivity contribution in [3.05, 3.63) is 53.7 Å². The van der Waals surface area contributed by atoms with Gasteiger partial charge >= 0.3 is 6.03 Å². The van der Waals surface area contributed by atoms with E-state index in [4.69, 9.17) is 4.74 Å². The van der Waals surface area contributed by atoms with Crippen LogP contribution in [-0.4, -0.2) is 34.5 Å². The number of carbonyl (C=O) groups excluding carboxylic acids is 2. The summed E-state index contributed by atoms with van der Waals surface area (Å²) in [7, 11) is 0. The highest BCUT2D eigenvalue weighted by molar-refractivity contribution is 5.89. The van der Waals surface area contributed by atoms with Crippen molar-refractivity contribution in [3.63, 3.8) is 0 Å². The Hall–Kier alpha value is -3.09. The number of aromatic nitrogens is 1. The van der Waals surface area contributed by atoms with E-state index >= 15 is 0 Å². The van der Waals surface area contributed by atoms with Crippen LogP contribution in [0.4, 0.5) is 10.5 Å². The molecule has 0 unspecified atom stereocenters. The minimum atomic E-state index is -0.284. The van der Waals surface area contributed by atoms with E-state index in [9.17, 15) is 9.59 Å². The molecule has 0 bridgehead atoms. The van der Waals surface area contributed by atoms with Gasteiger partial charge in [0.15, 0.2) is 0 Å². The fourth-order valence-corrected chi connectivity index (χ4v) is 3.96. The van der Waals surface area contributed by atoms with Crippen molar-refractivity contribution in [2.75, 3.05) is 11.9 Å². The molecule has 7 heteroatoms. The average Bonchev–Trinajstić information content (AvgIpc) is 3.41. The zero-order chi connectivity index (χ0) is 20.8. The fourth-order valence-electron chi connectivity index (χ4n) is 3.96. The SMILES string of the molecule is O=C(NCc1cccnc1OC1CCCC1)Nc1ccc(CN2CCCC2=O)cc1. The van der Waals surface area contributed by atoms with Gasteiger partial charge in [0.2, 0.25) is 11.8 Å². The van der Waals surface area contributed by atoms with Crippen molar-refractivity contribution in [1.82, 2.24) is 15.2 Å². The van der Waals surface area contributed by atoms with Crippen LogP contribution in [0.25, 0.3) is 0 Å².